The van der Waals surface area contributed by atoms with Gasteiger partial charge >= 0.3 is 0 Å². The van der Waals surface area contributed by atoms with Crippen LogP contribution < -0.4 is 16.2 Å². The lowest BCUT2D eigenvalue weighted by atomic mass is 9.89. The van der Waals surface area contributed by atoms with Gasteiger partial charge in [-0.3, -0.25) is 0 Å². The molecule has 1 unspecified atom stereocenters. The highest BCUT2D eigenvalue weighted by molar-refractivity contribution is 5.41. The Kier molecular flexibility index (Phi) is 2.44. The number of nitrogens with two attached hydrogens (primary N) is 2. The van der Waals surface area contributed by atoms with E-state index in [9.17, 15) is 0 Å². The maximum Gasteiger partial charge on any atom is 0.122 e. The second kappa shape index (κ2) is 3.51. The Hall–Kier alpha value is -1.06. The highest BCUT2D eigenvalue weighted by atomic mass is 16.5. The van der Waals surface area contributed by atoms with Gasteiger partial charge in [-0.1, -0.05) is 12.1 Å². The fourth-order valence-corrected chi connectivity index (χ4v) is 1.83. The average molecular weight is 206 g/mol. The van der Waals surface area contributed by atoms with Gasteiger partial charge in [-0.15, -0.1) is 0 Å². The van der Waals surface area contributed by atoms with Crippen LogP contribution in [0.2, 0.25) is 0 Å². The summed E-state index contributed by atoms with van der Waals surface area (Å²) in [7, 11) is 0. The van der Waals surface area contributed by atoms with Gasteiger partial charge in [-0.2, -0.15) is 0 Å². The van der Waals surface area contributed by atoms with E-state index < -0.39 is 5.54 Å². The van der Waals surface area contributed by atoms with Crippen molar-refractivity contribution in [2.75, 3.05) is 6.61 Å². The van der Waals surface area contributed by atoms with E-state index in [2.05, 4.69) is 6.07 Å². The Morgan fingerprint density at radius 2 is 2.13 bits per heavy atom. The molecule has 3 nitrogen and oxygen atoms in total. The monoisotopic (exact) mass is 206 g/mol. The highest BCUT2D eigenvalue weighted by Crippen LogP contribution is 2.29. The number of benzene rings is 1. The van der Waals surface area contributed by atoms with Crippen molar-refractivity contribution in [2.24, 2.45) is 11.5 Å². The number of hydrogen-bond donors (Lipinski definition) is 2. The predicted molar refractivity (Wildman–Crippen MR) is 60.8 cm³/mol. The van der Waals surface area contributed by atoms with Crippen LogP contribution in [0.15, 0.2) is 18.2 Å². The van der Waals surface area contributed by atoms with E-state index in [1.807, 2.05) is 26.0 Å². The summed E-state index contributed by atoms with van der Waals surface area (Å²) in [5, 5.41) is 0. The lowest BCUT2D eigenvalue weighted by Gasteiger charge is -2.27. The molecule has 1 aromatic carbocycles. The molecule has 4 N–H and O–H groups in total. The van der Waals surface area contributed by atoms with Crippen LogP contribution in [-0.4, -0.2) is 12.1 Å². The molecular weight excluding hydrogens is 188 g/mol. The first-order valence-electron chi connectivity index (χ1n) is 5.28. The van der Waals surface area contributed by atoms with E-state index in [1.54, 1.807) is 0 Å². The minimum Gasteiger partial charge on any atom is -0.493 e. The summed E-state index contributed by atoms with van der Waals surface area (Å²) in [6.45, 7) is 4.67. The third-order valence-corrected chi connectivity index (χ3v) is 2.87. The Labute approximate surface area is 90.4 Å². The van der Waals surface area contributed by atoms with Gasteiger partial charge in [0.25, 0.3) is 0 Å². The summed E-state index contributed by atoms with van der Waals surface area (Å²) < 4.78 is 5.45. The van der Waals surface area contributed by atoms with Crippen LogP contribution in [0.25, 0.3) is 0 Å². The molecule has 0 saturated carbocycles. The van der Waals surface area contributed by atoms with E-state index in [-0.39, 0.29) is 6.04 Å². The van der Waals surface area contributed by atoms with Gasteiger partial charge in [0, 0.05) is 18.0 Å². The van der Waals surface area contributed by atoms with E-state index in [4.69, 9.17) is 16.2 Å². The van der Waals surface area contributed by atoms with Crippen molar-refractivity contribution >= 4 is 0 Å². The summed E-state index contributed by atoms with van der Waals surface area (Å²) in [6.07, 6.45) is 0.973. The first kappa shape index (κ1) is 10.5. The number of hydrogen-bond acceptors (Lipinski definition) is 3. The molecule has 15 heavy (non-hydrogen) atoms. The van der Waals surface area contributed by atoms with E-state index in [0.717, 1.165) is 24.3 Å². The lowest BCUT2D eigenvalue weighted by molar-refractivity contribution is 0.356. The van der Waals surface area contributed by atoms with Crippen molar-refractivity contribution in [2.45, 2.75) is 31.8 Å². The zero-order valence-corrected chi connectivity index (χ0v) is 9.29. The zero-order chi connectivity index (χ0) is 11.1. The van der Waals surface area contributed by atoms with Gasteiger partial charge in [0.2, 0.25) is 0 Å². The van der Waals surface area contributed by atoms with Crippen molar-refractivity contribution in [1.29, 1.82) is 0 Å². The van der Waals surface area contributed by atoms with Crippen LogP contribution >= 0.6 is 0 Å². The van der Waals surface area contributed by atoms with Crippen LogP contribution in [-0.2, 0) is 6.42 Å². The van der Waals surface area contributed by atoms with Gasteiger partial charge in [-0.05, 0) is 31.0 Å². The smallest absolute Gasteiger partial charge is 0.122 e. The second-order valence-electron chi connectivity index (χ2n) is 4.76. The third-order valence-electron chi connectivity index (χ3n) is 2.87. The first-order valence-corrected chi connectivity index (χ1v) is 5.28. The van der Waals surface area contributed by atoms with Crippen molar-refractivity contribution in [3.63, 3.8) is 0 Å². The van der Waals surface area contributed by atoms with Gasteiger partial charge in [0.05, 0.1) is 6.61 Å². The van der Waals surface area contributed by atoms with E-state index in [0.29, 0.717) is 0 Å². The summed E-state index contributed by atoms with van der Waals surface area (Å²) in [5.74, 6) is 0.987. The standard InChI is InChI=1S/C12H18N2O/c1-12(2,14)11(13)9-3-4-10-8(7-9)5-6-15-10/h3-4,7,11H,5-6,13-14H2,1-2H3. The molecule has 0 spiro atoms. The summed E-state index contributed by atoms with van der Waals surface area (Å²) in [5.41, 5.74) is 14.0. The number of ether oxygens (including phenoxy) is 1. The molecule has 0 aliphatic carbocycles. The maximum atomic E-state index is 6.10. The van der Waals surface area contributed by atoms with Crippen LogP contribution in [0, 0.1) is 0 Å². The fourth-order valence-electron chi connectivity index (χ4n) is 1.83. The van der Waals surface area contributed by atoms with E-state index >= 15 is 0 Å². The third kappa shape index (κ3) is 1.98. The van der Waals surface area contributed by atoms with Crippen molar-refractivity contribution < 1.29 is 4.74 Å². The summed E-state index contributed by atoms with van der Waals surface area (Å²) >= 11 is 0. The van der Waals surface area contributed by atoms with Crippen LogP contribution in [0.5, 0.6) is 5.75 Å². The molecule has 0 fully saturated rings. The first-order chi connectivity index (χ1) is 6.98. The van der Waals surface area contributed by atoms with Crippen LogP contribution in [0.3, 0.4) is 0 Å². The minimum atomic E-state index is -0.395. The van der Waals surface area contributed by atoms with E-state index in [1.165, 1.54) is 5.56 Å². The molecular formula is C12H18N2O. The average Bonchev–Trinajstić information content (AvgIpc) is 2.61. The molecule has 82 valence electrons. The highest BCUT2D eigenvalue weighted by Gasteiger charge is 2.24. The molecule has 2 rings (SSSR count). The van der Waals surface area contributed by atoms with Gasteiger partial charge in [-0.25, -0.2) is 0 Å². The maximum absolute atomic E-state index is 6.10. The Balaban J connectivity index is 2.31. The predicted octanol–water partition coefficient (Wildman–Crippen LogP) is 1.36. The van der Waals surface area contributed by atoms with Gasteiger partial charge in [0.15, 0.2) is 0 Å². The second-order valence-corrected chi connectivity index (χ2v) is 4.76. The topological polar surface area (TPSA) is 61.3 Å². The number of rotatable bonds is 2. The van der Waals surface area contributed by atoms with Crippen LogP contribution in [0.4, 0.5) is 0 Å². The summed E-state index contributed by atoms with van der Waals surface area (Å²) in [6, 6.07) is 5.97. The Morgan fingerprint density at radius 1 is 1.40 bits per heavy atom. The quantitative estimate of drug-likeness (QED) is 0.768. The molecule has 1 heterocycles. The fraction of sp³-hybridized carbons (Fsp3) is 0.500. The molecule has 1 aliphatic heterocycles. The minimum absolute atomic E-state index is 0.136. The van der Waals surface area contributed by atoms with Crippen molar-refractivity contribution in [3.05, 3.63) is 29.3 Å². The zero-order valence-electron chi connectivity index (χ0n) is 9.29. The molecule has 3 heteroatoms. The molecule has 0 radical (unpaired) electrons. The SMILES string of the molecule is CC(C)(N)C(N)c1ccc2c(c1)CCO2. The molecule has 0 amide bonds. The molecule has 0 aromatic heterocycles. The lowest BCUT2D eigenvalue weighted by Crippen LogP contribution is -2.43. The Bertz CT molecular complexity index is 368. The molecule has 1 aliphatic rings. The van der Waals surface area contributed by atoms with Crippen molar-refractivity contribution in [1.82, 2.24) is 0 Å². The van der Waals surface area contributed by atoms with Gasteiger partial charge in [0.1, 0.15) is 5.75 Å². The van der Waals surface area contributed by atoms with Crippen molar-refractivity contribution in [3.8, 4) is 5.75 Å². The van der Waals surface area contributed by atoms with Gasteiger partial charge < -0.3 is 16.2 Å². The number of fused-ring (bicyclic) bond motifs is 1. The Morgan fingerprint density at radius 3 is 2.80 bits per heavy atom. The molecule has 1 aromatic rings. The normalized spacial score (nSPS) is 17.1. The largest absolute Gasteiger partial charge is 0.493 e. The molecule has 0 bridgehead atoms. The molecule has 1 atom stereocenters. The molecule has 0 saturated heterocycles. The summed E-state index contributed by atoms with van der Waals surface area (Å²) in [4.78, 5) is 0. The van der Waals surface area contributed by atoms with Crippen LogP contribution in [0.1, 0.15) is 31.0 Å².